The summed E-state index contributed by atoms with van der Waals surface area (Å²) in [5.74, 6) is 0.478. The van der Waals surface area contributed by atoms with Gasteiger partial charge in [0.25, 0.3) is 5.69 Å². The molecule has 2 rings (SSSR count). The summed E-state index contributed by atoms with van der Waals surface area (Å²) >= 11 is 0. The zero-order chi connectivity index (χ0) is 14.4. The number of hydrogen-bond donors (Lipinski definition) is 1. The topological polar surface area (TPSA) is 77.3 Å². The number of methoxy groups -OCH3 is 1. The summed E-state index contributed by atoms with van der Waals surface area (Å²) in [6.07, 6.45) is 1.42. The highest BCUT2D eigenvalue weighted by Crippen LogP contribution is 2.16. The van der Waals surface area contributed by atoms with Gasteiger partial charge >= 0.3 is 0 Å². The molecule has 1 aromatic carbocycles. The van der Waals surface area contributed by atoms with E-state index < -0.39 is 4.92 Å². The van der Waals surface area contributed by atoms with Crippen molar-refractivity contribution in [3.05, 3.63) is 63.8 Å². The number of ether oxygens (including phenoxy) is 1. The van der Waals surface area contributed by atoms with Gasteiger partial charge in [0.15, 0.2) is 0 Å². The third-order valence-electron chi connectivity index (χ3n) is 2.83. The van der Waals surface area contributed by atoms with Gasteiger partial charge in [0.1, 0.15) is 5.82 Å². The minimum absolute atomic E-state index is 0.0210. The Kier molecular flexibility index (Phi) is 4.62. The fourth-order valence-electron chi connectivity index (χ4n) is 1.84. The van der Waals surface area contributed by atoms with E-state index in [9.17, 15) is 10.1 Å². The van der Waals surface area contributed by atoms with E-state index in [-0.39, 0.29) is 5.69 Å². The van der Waals surface area contributed by atoms with Crippen molar-refractivity contribution in [3.8, 4) is 0 Å². The molecule has 6 nitrogen and oxygen atoms in total. The molecule has 1 heterocycles. The van der Waals surface area contributed by atoms with E-state index in [1.165, 1.54) is 18.3 Å². The van der Waals surface area contributed by atoms with Crippen molar-refractivity contribution in [2.24, 2.45) is 0 Å². The van der Waals surface area contributed by atoms with Gasteiger partial charge in [0, 0.05) is 25.9 Å². The average molecular weight is 273 g/mol. The summed E-state index contributed by atoms with van der Waals surface area (Å²) < 4.78 is 5.14. The molecule has 0 unspecified atom stereocenters. The Hall–Kier alpha value is -2.47. The van der Waals surface area contributed by atoms with E-state index >= 15 is 0 Å². The summed E-state index contributed by atoms with van der Waals surface area (Å²) in [5.41, 5.74) is 2.17. The second-order valence-corrected chi connectivity index (χ2v) is 4.21. The highest BCUT2D eigenvalue weighted by molar-refractivity contribution is 5.45. The van der Waals surface area contributed by atoms with E-state index in [2.05, 4.69) is 10.3 Å². The summed E-state index contributed by atoms with van der Waals surface area (Å²) in [6.45, 7) is 1.06. The van der Waals surface area contributed by atoms with Gasteiger partial charge in [-0.1, -0.05) is 24.3 Å². The van der Waals surface area contributed by atoms with Crippen LogP contribution in [-0.4, -0.2) is 17.0 Å². The fraction of sp³-hybridized carbons (Fsp3) is 0.214. The van der Waals surface area contributed by atoms with E-state index in [0.29, 0.717) is 19.0 Å². The first-order chi connectivity index (χ1) is 9.70. The number of aromatic nitrogens is 1. The molecule has 0 radical (unpaired) electrons. The van der Waals surface area contributed by atoms with Crippen molar-refractivity contribution in [1.29, 1.82) is 0 Å². The molecule has 1 aromatic heterocycles. The Morgan fingerprint density at radius 3 is 2.75 bits per heavy atom. The molecule has 1 N–H and O–H groups in total. The summed E-state index contributed by atoms with van der Waals surface area (Å²) in [4.78, 5) is 14.3. The van der Waals surface area contributed by atoms with E-state index in [1.54, 1.807) is 7.11 Å². The highest BCUT2D eigenvalue weighted by Gasteiger charge is 2.07. The molecule has 0 saturated carbocycles. The molecule has 0 fully saturated rings. The molecule has 0 bridgehead atoms. The highest BCUT2D eigenvalue weighted by atomic mass is 16.6. The lowest BCUT2D eigenvalue weighted by molar-refractivity contribution is -0.384. The SMILES string of the molecule is COCc1ccccc1CNc1cc([N+](=O)[O-])ccn1. The number of nitro groups is 1. The molecule has 0 aliphatic rings. The Morgan fingerprint density at radius 2 is 2.05 bits per heavy atom. The average Bonchev–Trinajstić information content (AvgIpc) is 2.47. The third kappa shape index (κ3) is 3.52. The standard InChI is InChI=1S/C14H15N3O3/c1-20-10-12-5-3-2-4-11(12)9-16-14-8-13(17(18)19)6-7-15-14/h2-8H,9-10H2,1H3,(H,15,16). The number of pyridine rings is 1. The predicted octanol–water partition coefficient (Wildman–Crippen LogP) is 2.75. The molecular weight excluding hydrogens is 258 g/mol. The number of nitrogens with one attached hydrogen (secondary N) is 1. The van der Waals surface area contributed by atoms with Crippen LogP contribution in [0.5, 0.6) is 0 Å². The Balaban J connectivity index is 2.09. The van der Waals surface area contributed by atoms with Crippen molar-refractivity contribution in [1.82, 2.24) is 4.98 Å². The second kappa shape index (κ2) is 6.63. The molecule has 0 atom stereocenters. The zero-order valence-electron chi connectivity index (χ0n) is 11.1. The van der Waals surface area contributed by atoms with Crippen molar-refractivity contribution < 1.29 is 9.66 Å². The van der Waals surface area contributed by atoms with Gasteiger partial charge in [-0.3, -0.25) is 10.1 Å². The van der Waals surface area contributed by atoms with Gasteiger partial charge in [0.2, 0.25) is 0 Å². The van der Waals surface area contributed by atoms with Crippen molar-refractivity contribution >= 4 is 11.5 Å². The van der Waals surface area contributed by atoms with Crippen LogP contribution in [0.4, 0.5) is 11.5 Å². The van der Waals surface area contributed by atoms with Crippen LogP contribution < -0.4 is 5.32 Å². The molecule has 6 heteroatoms. The first kappa shape index (κ1) is 14.0. The van der Waals surface area contributed by atoms with E-state index in [0.717, 1.165) is 11.1 Å². The van der Waals surface area contributed by atoms with Crippen LogP contribution in [0.25, 0.3) is 0 Å². The normalized spacial score (nSPS) is 10.2. The minimum atomic E-state index is -0.439. The molecule has 0 aliphatic carbocycles. The van der Waals surface area contributed by atoms with Gasteiger partial charge in [-0.05, 0) is 11.1 Å². The molecule has 0 aliphatic heterocycles. The number of hydrogen-bond acceptors (Lipinski definition) is 5. The maximum Gasteiger partial charge on any atom is 0.274 e. The van der Waals surface area contributed by atoms with Crippen LogP contribution in [0.1, 0.15) is 11.1 Å². The van der Waals surface area contributed by atoms with Crippen LogP contribution >= 0.6 is 0 Å². The Labute approximate surface area is 116 Å². The van der Waals surface area contributed by atoms with Gasteiger partial charge in [0.05, 0.1) is 17.6 Å². The largest absolute Gasteiger partial charge is 0.380 e. The smallest absolute Gasteiger partial charge is 0.274 e. The third-order valence-corrected chi connectivity index (χ3v) is 2.83. The van der Waals surface area contributed by atoms with Gasteiger partial charge in [-0.25, -0.2) is 4.98 Å². The van der Waals surface area contributed by atoms with Crippen LogP contribution in [-0.2, 0) is 17.9 Å². The lowest BCUT2D eigenvalue weighted by atomic mass is 10.1. The molecule has 104 valence electrons. The summed E-state index contributed by atoms with van der Waals surface area (Å²) in [7, 11) is 1.65. The molecule has 20 heavy (non-hydrogen) atoms. The lowest BCUT2D eigenvalue weighted by Crippen LogP contribution is -2.05. The minimum Gasteiger partial charge on any atom is -0.380 e. The van der Waals surface area contributed by atoms with E-state index in [4.69, 9.17) is 4.74 Å². The Morgan fingerprint density at radius 1 is 1.30 bits per heavy atom. The molecule has 0 amide bonds. The monoisotopic (exact) mass is 273 g/mol. The lowest BCUT2D eigenvalue weighted by Gasteiger charge is -2.10. The molecule has 0 spiro atoms. The van der Waals surface area contributed by atoms with E-state index in [1.807, 2.05) is 24.3 Å². The second-order valence-electron chi connectivity index (χ2n) is 4.21. The van der Waals surface area contributed by atoms with Crippen LogP contribution in [0.15, 0.2) is 42.6 Å². The van der Waals surface area contributed by atoms with Crippen molar-refractivity contribution in [3.63, 3.8) is 0 Å². The molecule has 2 aromatic rings. The summed E-state index contributed by atoms with van der Waals surface area (Å²) in [6, 6.07) is 10.6. The number of nitrogens with zero attached hydrogens (tertiary/aromatic N) is 2. The maximum atomic E-state index is 10.7. The van der Waals surface area contributed by atoms with Gasteiger partial charge < -0.3 is 10.1 Å². The van der Waals surface area contributed by atoms with Crippen LogP contribution in [0.2, 0.25) is 0 Å². The maximum absolute atomic E-state index is 10.7. The quantitative estimate of drug-likeness (QED) is 0.646. The van der Waals surface area contributed by atoms with Crippen LogP contribution in [0.3, 0.4) is 0 Å². The fourth-order valence-corrected chi connectivity index (χ4v) is 1.84. The first-order valence-electron chi connectivity index (χ1n) is 6.10. The van der Waals surface area contributed by atoms with Crippen molar-refractivity contribution in [2.75, 3.05) is 12.4 Å². The molecule has 0 saturated heterocycles. The van der Waals surface area contributed by atoms with Crippen LogP contribution in [0, 0.1) is 10.1 Å². The number of rotatable bonds is 6. The molecular formula is C14H15N3O3. The van der Waals surface area contributed by atoms with Gasteiger partial charge in [-0.2, -0.15) is 0 Å². The number of benzene rings is 1. The summed E-state index contributed by atoms with van der Waals surface area (Å²) in [5, 5.41) is 13.8. The van der Waals surface area contributed by atoms with Gasteiger partial charge in [-0.15, -0.1) is 0 Å². The number of anilines is 1. The zero-order valence-corrected chi connectivity index (χ0v) is 11.1. The Bertz CT molecular complexity index is 602. The first-order valence-corrected chi connectivity index (χ1v) is 6.10. The van der Waals surface area contributed by atoms with Crippen molar-refractivity contribution in [2.45, 2.75) is 13.2 Å². The predicted molar refractivity (Wildman–Crippen MR) is 75.4 cm³/mol.